The van der Waals surface area contributed by atoms with Crippen LogP contribution in [-0.2, 0) is 6.42 Å². The highest BCUT2D eigenvalue weighted by atomic mass is 16.8. The fraction of sp³-hybridized carbons (Fsp3) is 0.103. The Labute approximate surface area is 190 Å². The number of aliphatic hydroxyl groups is 1. The molecule has 1 aliphatic rings. The van der Waals surface area contributed by atoms with Crippen molar-refractivity contribution in [3.8, 4) is 22.6 Å². The summed E-state index contributed by atoms with van der Waals surface area (Å²) in [6.07, 6.45) is 1.10. The molecular formula is C29H28O3. The van der Waals surface area contributed by atoms with Crippen molar-refractivity contribution >= 4 is 0 Å². The third-order valence-corrected chi connectivity index (χ3v) is 4.81. The molecule has 3 nitrogen and oxygen atoms in total. The Balaban J connectivity index is 0.000000172. The van der Waals surface area contributed by atoms with Crippen LogP contribution in [0.2, 0.25) is 0 Å². The van der Waals surface area contributed by atoms with Crippen molar-refractivity contribution in [1.29, 1.82) is 0 Å². The van der Waals surface area contributed by atoms with E-state index in [1.165, 1.54) is 29.2 Å². The Morgan fingerprint density at radius 2 is 0.938 bits per heavy atom. The van der Waals surface area contributed by atoms with Crippen molar-refractivity contribution < 1.29 is 14.6 Å². The Hall–Kier alpha value is -3.82. The van der Waals surface area contributed by atoms with Gasteiger partial charge in [-0.2, -0.15) is 0 Å². The van der Waals surface area contributed by atoms with Crippen molar-refractivity contribution in [2.45, 2.75) is 19.3 Å². The Bertz CT molecular complexity index is 1020. The van der Waals surface area contributed by atoms with Crippen LogP contribution in [0, 0.1) is 0 Å². The SMILES string of the molecule is C=C.CC(O)(Oc1ccccc1)Oc1ccccc1.c1ccc2c(c1)Cc1ccccc1-2. The number of para-hydroxylation sites is 2. The predicted molar refractivity (Wildman–Crippen MR) is 131 cm³/mol. The molecule has 162 valence electrons. The van der Waals surface area contributed by atoms with Gasteiger partial charge in [0.05, 0.1) is 0 Å². The fourth-order valence-electron chi connectivity index (χ4n) is 3.51. The zero-order chi connectivity index (χ0) is 22.8. The van der Waals surface area contributed by atoms with Gasteiger partial charge >= 0.3 is 5.97 Å². The average molecular weight is 425 g/mol. The van der Waals surface area contributed by atoms with Crippen LogP contribution in [-0.4, -0.2) is 11.1 Å². The molecule has 0 fully saturated rings. The maximum atomic E-state index is 9.98. The number of ether oxygens (including phenoxy) is 2. The van der Waals surface area contributed by atoms with E-state index in [-0.39, 0.29) is 0 Å². The molecule has 0 heterocycles. The third kappa shape index (κ3) is 6.10. The Morgan fingerprint density at radius 1 is 0.594 bits per heavy atom. The topological polar surface area (TPSA) is 38.7 Å². The summed E-state index contributed by atoms with van der Waals surface area (Å²) in [5.41, 5.74) is 5.75. The van der Waals surface area contributed by atoms with Crippen molar-refractivity contribution in [1.82, 2.24) is 0 Å². The van der Waals surface area contributed by atoms with Crippen LogP contribution in [0.3, 0.4) is 0 Å². The molecule has 0 bridgehead atoms. The normalized spacial score (nSPS) is 10.9. The van der Waals surface area contributed by atoms with Gasteiger partial charge in [0, 0.05) is 6.92 Å². The molecule has 5 rings (SSSR count). The van der Waals surface area contributed by atoms with Gasteiger partial charge in [-0.1, -0.05) is 84.9 Å². The first kappa shape index (κ1) is 22.9. The average Bonchev–Trinajstić information content (AvgIpc) is 3.20. The second-order valence-electron chi connectivity index (χ2n) is 7.22. The third-order valence-electron chi connectivity index (χ3n) is 4.81. The van der Waals surface area contributed by atoms with Crippen LogP contribution in [0.25, 0.3) is 11.1 Å². The van der Waals surface area contributed by atoms with E-state index in [0.717, 1.165) is 6.42 Å². The van der Waals surface area contributed by atoms with Gasteiger partial charge in [-0.25, -0.2) is 0 Å². The molecular weight excluding hydrogens is 396 g/mol. The molecule has 32 heavy (non-hydrogen) atoms. The molecule has 4 aromatic carbocycles. The number of rotatable bonds is 4. The monoisotopic (exact) mass is 424 g/mol. The molecule has 0 spiro atoms. The van der Waals surface area contributed by atoms with Crippen molar-refractivity contribution in [2.24, 2.45) is 0 Å². The molecule has 4 aromatic rings. The number of fused-ring (bicyclic) bond motifs is 3. The van der Waals surface area contributed by atoms with Gasteiger partial charge in [-0.3, -0.25) is 0 Å². The lowest BCUT2D eigenvalue weighted by molar-refractivity contribution is -0.258. The molecule has 0 radical (unpaired) electrons. The maximum absolute atomic E-state index is 9.98. The van der Waals surface area contributed by atoms with Crippen molar-refractivity contribution in [3.63, 3.8) is 0 Å². The van der Waals surface area contributed by atoms with Gasteiger partial charge in [-0.05, 0) is 52.9 Å². The molecule has 0 aliphatic heterocycles. The minimum atomic E-state index is -1.69. The van der Waals surface area contributed by atoms with Crippen LogP contribution in [0.5, 0.6) is 11.5 Å². The quantitative estimate of drug-likeness (QED) is 0.253. The first-order valence-electron chi connectivity index (χ1n) is 10.5. The van der Waals surface area contributed by atoms with Crippen LogP contribution in [0.1, 0.15) is 18.1 Å². The van der Waals surface area contributed by atoms with E-state index in [9.17, 15) is 5.11 Å². The lowest BCUT2D eigenvalue weighted by Crippen LogP contribution is -2.38. The minimum absolute atomic E-state index is 0.549. The first-order chi connectivity index (χ1) is 15.6. The van der Waals surface area contributed by atoms with E-state index in [1.54, 1.807) is 24.3 Å². The number of benzene rings is 4. The van der Waals surface area contributed by atoms with Gasteiger partial charge in [0.15, 0.2) is 0 Å². The van der Waals surface area contributed by atoms with E-state index >= 15 is 0 Å². The maximum Gasteiger partial charge on any atom is 0.366 e. The summed E-state index contributed by atoms with van der Waals surface area (Å²) >= 11 is 0. The molecule has 0 saturated heterocycles. The molecule has 0 atom stereocenters. The number of hydrogen-bond donors (Lipinski definition) is 1. The van der Waals surface area contributed by atoms with Gasteiger partial charge in [0.1, 0.15) is 11.5 Å². The summed E-state index contributed by atoms with van der Waals surface area (Å²) < 4.78 is 10.7. The lowest BCUT2D eigenvalue weighted by Gasteiger charge is -2.25. The Kier molecular flexibility index (Phi) is 7.85. The van der Waals surface area contributed by atoms with Gasteiger partial charge < -0.3 is 14.6 Å². The second-order valence-corrected chi connectivity index (χ2v) is 7.22. The Morgan fingerprint density at radius 3 is 1.34 bits per heavy atom. The number of hydrogen-bond acceptors (Lipinski definition) is 3. The molecule has 0 amide bonds. The lowest BCUT2D eigenvalue weighted by atomic mass is 10.1. The van der Waals surface area contributed by atoms with Gasteiger partial charge in [0.25, 0.3) is 0 Å². The summed E-state index contributed by atoms with van der Waals surface area (Å²) in [5.74, 6) is -0.593. The van der Waals surface area contributed by atoms with Crippen LogP contribution in [0.4, 0.5) is 0 Å². The van der Waals surface area contributed by atoms with Gasteiger partial charge in [-0.15, -0.1) is 13.2 Å². The second kappa shape index (κ2) is 11.0. The van der Waals surface area contributed by atoms with Gasteiger partial charge in [0.2, 0.25) is 0 Å². The summed E-state index contributed by atoms with van der Waals surface area (Å²) in [5, 5.41) is 9.98. The summed E-state index contributed by atoms with van der Waals surface area (Å²) in [7, 11) is 0. The highest BCUT2D eigenvalue weighted by Crippen LogP contribution is 2.35. The van der Waals surface area contributed by atoms with E-state index in [0.29, 0.717) is 11.5 Å². The molecule has 0 unspecified atom stereocenters. The van der Waals surface area contributed by atoms with E-state index < -0.39 is 5.97 Å². The zero-order valence-corrected chi connectivity index (χ0v) is 18.3. The summed E-state index contributed by atoms with van der Waals surface area (Å²) in [4.78, 5) is 0. The smallest absolute Gasteiger partial charge is 0.366 e. The highest BCUT2D eigenvalue weighted by molar-refractivity contribution is 5.76. The fourth-order valence-corrected chi connectivity index (χ4v) is 3.51. The molecule has 0 saturated carbocycles. The molecule has 0 aromatic heterocycles. The standard InChI is InChI=1S/C14H14O3.C13H10.C2H4/c1-14(15,16-12-8-4-2-5-9-12)17-13-10-6-3-7-11-13;1-3-7-12-10(5-1)9-11-6-2-4-8-13(11)12;1-2/h2-11,15H,1H3;1-8H,9H2;1-2H2. The molecule has 1 N–H and O–H groups in total. The van der Waals surface area contributed by atoms with Crippen LogP contribution >= 0.6 is 0 Å². The van der Waals surface area contributed by atoms with Crippen LogP contribution < -0.4 is 9.47 Å². The minimum Gasteiger partial charge on any atom is -0.430 e. The first-order valence-corrected chi connectivity index (χ1v) is 10.5. The highest BCUT2D eigenvalue weighted by Gasteiger charge is 2.24. The van der Waals surface area contributed by atoms with E-state index in [1.807, 2.05) is 36.4 Å². The summed E-state index contributed by atoms with van der Waals surface area (Å²) in [6, 6.07) is 35.4. The van der Waals surface area contributed by atoms with Crippen molar-refractivity contribution in [3.05, 3.63) is 133 Å². The molecule has 3 heteroatoms. The van der Waals surface area contributed by atoms with Crippen LogP contribution in [0.15, 0.2) is 122 Å². The van der Waals surface area contributed by atoms with E-state index in [2.05, 4.69) is 61.7 Å². The molecule has 1 aliphatic carbocycles. The predicted octanol–water partition coefficient (Wildman–Crippen LogP) is 6.87. The largest absolute Gasteiger partial charge is 0.430 e. The van der Waals surface area contributed by atoms with Crippen molar-refractivity contribution in [2.75, 3.05) is 0 Å². The zero-order valence-electron chi connectivity index (χ0n) is 18.3. The summed E-state index contributed by atoms with van der Waals surface area (Å²) in [6.45, 7) is 7.45. The van der Waals surface area contributed by atoms with E-state index in [4.69, 9.17) is 9.47 Å².